The van der Waals surface area contributed by atoms with Gasteiger partial charge in [-0.3, -0.25) is 0 Å². The minimum atomic E-state index is 0.639. The van der Waals surface area contributed by atoms with Gasteiger partial charge in [0.25, 0.3) is 0 Å². The minimum absolute atomic E-state index is 0.639. The van der Waals surface area contributed by atoms with E-state index in [-0.39, 0.29) is 0 Å². The van der Waals surface area contributed by atoms with Gasteiger partial charge in [0.1, 0.15) is 5.75 Å². The van der Waals surface area contributed by atoms with Crippen LogP contribution in [0, 0.1) is 13.8 Å². The summed E-state index contributed by atoms with van der Waals surface area (Å²) in [6.07, 6.45) is 0. The maximum atomic E-state index is 5.68. The summed E-state index contributed by atoms with van der Waals surface area (Å²) in [5.41, 5.74) is 4.98. The van der Waals surface area contributed by atoms with Gasteiger partial charge in [0.15, 0.2) is 5.11 Å². The number of piperazine rings is 1. The van der Waals surface area contributed by atoms with E-state index in [2.05, 4.69) is 47.2 Å². The fourth-order valence-corrected chi connectivity index (χ4v) is 3.57. The van der Waals surface area contributed by atoms with Crippen LogP contribution in [0.1, 0.15) is 18.1 Å². The molecule has 0 radical (unpaired) electrons. The Kier molecular flexibility index (Phi) is 5.99. The Morgan fingerprint density at radius 3 is 2.50 bits per heavy atom. The molecule has 138 valence electrons. The first-order valence-corrected chi connectivity index (χ1v) is 9.60. The van der Waals surface area contributed by atoms with Crippen molar-refractivity contribution in [3.63, 3.8) is 0 Å². The molecule has 0 saturated carbocycles. The predicted octanol–water partition coefficient (Wildman–Crippen LogP) is 4.22. The molecule has 3 rings (SSSR count). The van der Waals surface area contributed by atoms with Gasteiger partial charge in [-0.2, -0.15) is 0 Å². The Morgan fingerprint density at radius 2 is 1.77 bits per heavy atom. The number of thiocarbonyl (C=S) groups is 1. The van der Waals surface area contributed by atoms with Crippen LogP contribution in [0.25, 0.3) is 0 Å². The number of ether oxygens (including phenoxy) is 1. The van der Waals surface area contributed by atoms with Crippen molar-refractivity contribution in [3.05, 3.63) is 53.6 Å². The first kappa shape index (κ1) is 18.5. The number of nitrogens with zero attached hydrogens (tertiary/aromatic N) is 2. The Labute approximate surface area is 161 Å². The molecule has 0 bridgehead atoms. The van der Waals surface area contributed by atoms with Crippen molar-refractivity contribution in [3.8, 4) is 5.75 Å². The topological polar surface area (TPSA) is 27.7 Å². The molecule has 1 heterocycles. The fourth-order valence-electron chi connectivity index (χ4n) is 3.27. The average molecular weight is 370 g/mol. The molecule has 0 atom stereocenters. The smallest absolute Gasteiger partial charge is 0.173 e. The van der Waals surface area contributed by atoms with Crippen molar-refractivity contribution in [2.24, 2.45) is 0 Å². The van der Waals surface area contributed by atoms with Crippen molar-refractivity contribution in [2.75, 3.05) is 43.0 Å². The van der Waals surface area contributed by atoms with Crippen LogP contribution in [0.4, 0.5) is 11.4 Å². The summed E-state index contributed by atoms with van der Waals surface area (Å²) in [7, 11) is 0. The molecule has 0 amide bonds. The number of para-hydroxylation sites is 2. The third kappa shape index (κ3) is 4.10. The second kappa shape index (κ2) is 8.41. The highest BCUT2D eigenvalue weighted by atomic mass is 32.1. The van der Waals surface area contributed by atoms with E-state index in [0.29, 0.717) is 6.61 Å². The van der Waals surface area contributed by atoms with Crippen LogP contribution in [0.15, 0.2) is 42.5 Å². The molecule has 0 spiro atoms. The standard InChI is InChI=1S/C21H27N3OS/c1-4-25-20-11-6-5-9-18(20)22-21(26)24-14-12-23(13-15-24)19-10-7-8-16(2)17(19)3/h5-11H,4,12-15H2,1-3H3,(H,22,26). The van der Waals surface area contributed by atoms with Crippen molar-refractivity contribution in [2.45, 2.75) is 20.8 Å². The number of nitrogens with one attached hydrogen (secondary N) is 1. The van der Waals surface area contributed by atoms with Crippen LogP contribution in [-0.4, -0.2) is 42.8 Å². The van der Waals surface area contributed by atoms with Gasteiger partial charge in [-0.25, -0.2) is 0 Å². The van der Waals surface area contributed by atoms with Gasteiger partial charge < -0.3 is 19.9 Å². The average Bonchev–Trinajstić information content (AvgIpc) is 2.66. The molecular formula is C21H27N3OS. The summed E-state index contributed by atoms with van der Waals surface area (Å²) < 4.78 is 5.68. The minimum Gasteiger partial charge on any atom is -0.492 e. The third-order valence-electron chi connectivity index (χ3n) is 4.91. The quantitative estimate of drug-likeness (QED) is 0.815. The number of hydrogen-bond donors (Lipinski definition) is 1. The summed E-state index contributed by atoms with van der Waals surface area (Å²) in [5, 5.41) is 4.12. The second-order valence-corrected chi connectivity index (χ2v) is 6.94. The lowest BCUT2D eigenvalue weighted by molar-refractivity contribution is 0.341. The highest BCUT2D eigenvalue weighted by Crippen LogP contribution is 2.26. The van der Waals surface area contributed by atoms with E-state index in [4.69, 9.17) is 17.0 Å². The van der Waals surface area contributed by atoms with Gasteiger partial charge in [0.05, 0.1) is 12.3 Å². The fraction of sp³-hybridized carbons (Fsp3) is 0.381. The molecule has 5 heteroatoms. The van der Waals surface area contributed by atoms with Gasteiger partial charge in [0, 0.05) is 31.9 Å². The maximum absolute atomic E-state index is 5.68. The zero-order valence-electron chi connectivity index (χ0n) is 15.8. The van der Waals surface area contributed by atoms with Crippen LogP contribution in [-0.2, 0) is 0 Å². The van der Waals surface area contributed by atoms with Crippen molar-refractivity contribution < 1.29 is 4.74 Å². The molecule has 1 fully saturated rings. The van der Waals surface area contributed by atoms with Crippen LogP contribution in [0.3, 0.4) is 0 Å². The van der Waals surface area contributed by atoms with E-state index in [1.54, 1.807) is 0 Å². The predicted molar refractivity (Wildman–Crippen MR) is 114 cm³/mol. The molecule has 1 aliphatic rings. The molecule has 0 unspecified atom stereocenters. The summed E-state index contributed by atoms with van der Waals surface area (Å²) in [6.45, 7) is 10.8. The number of anilines is 2. The largest absolute Gasteiger partial charge is 0.492 e. The van der Waals surface area contributed by atoms with E-state index in [9.17, 15) is 0 Å². The Bertz CT molecular complexity index is 770. The van der Waals surface area contributed by atoms with E-state index >= 15 is 0 Å². The SMILES string of the molecule is CCOc1ccccc1NC(=S)N1CCN(c2cccc(C)c2C)CC1. The Hall–Kier alpha value is -2.27. The molecule has 1 N–H and O–H groups in total. The lowest BCUT2D eigenvalue weighted by Crippen LogP contribution is -2.50. The molecular weight excluding hydrogens is 342 g/mol. The molecule has 0 aliphatic carbocycles. The molecule has 1 aliphatic heterocycles. The van der Waals surface area contributed by atoms with Crippen LogP contribution in [0.5, 0.6) is 5.75 Å². The molecule has 0 aromatic heterocycles. The lowest BCUT2D eigenvalue weighted by Gasteiger charge is -2.38. The molecule has 4 nitrogen and oxygen atoms in total. The maximum Gasteiger partial charge on any atom is 0.173 e. The van der Waals surface area contributed by atoms with Crippen LogP contribution in [0.2, 0.25) is 0 Å². The number of aryl methyl sites for hydroxylation is 1. The highest BCUT2D eigenvalue weighted by molar-refractivity contribution is 7.80. The lowest BCUT2D eigenvalue weighted by atomic mass is 10.1. The van der Waals surface area contributed by atoms with Gasteiger partial charge in [-0.15, -0.1) is 0 Å². The van der Waals surface area contributed by atoms with Gasteiger partial charge in [0.2, 0.25) is 0 Å². The van der Waals surface area contributed by atoms with Crippen LogP contribution >= 0.6 is 12.2 Å². The number of benzene rings is 2. The normalized spacial score (nSPS) is 14.3. The second-order valence-electron chi connectivity index (χ2n) is 6.55. The first-order chi connectivity index (χ1) is 12.6. The molecule has 26 heavy (non-hydrogen) atoms. The Morgan fingerprint density at radius 1 is 1.04 bits per heavy atom. The van der Waals surface area contributed by atoms with Gasteiger partial charge in [-0.05, 0) is 62.3 Å². The highest BCUT2D eigenvalue weighted by Gasteiger charge is 2.21. The van der Waals surface area contributed by atoms with Crippen molar-refractivity contribution in [1.29, 1.82) is 0 Å². The number of hydrogen-bond acceptors (Lipinski definition) is 3. The molecule has 2 aromatic rings. The van der Waals surface area contributed by atoms with E-state index in [1.807, 2.05) is 31.2 Å². The van der Waals surface area contributed by atoms with Crippen LogP contribution < -0.4 is 15.0 Å². The van der Waals surface area contributed by atoms with Gasteiger partial charge >= 0.3 is 0 Å². The summed E-state index contributed by atoms with van der Waals surface area (Å²) in [6, 6.07) is 14.5. The molecule has 1 saturated heterocycles. The summed E-state index contributed by atoms with van der Waals surface area (Å²) in [5.74, 6) is 0.839. The monoisotopic (exact) mass is 369 g/mol. The third-order valence-corrected chi connectivity index (χ3v) is 5.27. The van der Waals surface area contributed by atoms with E-state index < -0.39 is 0 Å². The number of rotatable bonds is 4. The zero-order chi connectivity index (χ0) is 18.5. The van der Waals surface area contributed by atoms with Crippen molar-refractivity contribution in [1.82, 2.24) is 4.90 Å². The Balaban J connectivity index is 1.61. The van der Waals surface area contributed by atoms with E-state index in [0.717, 1.165) is 42.7 Å². The van der Waals surface area contributed by atoms with Crippen molar-refractivity contribution >= 4 is 28.7 Å². The summed E-state index contributed by atoms with van der Waals surface area (Å²) >= 11 is 5.64. The van der Waals surface area contributed by atoms with E-state index in [1.165, 1.54) is 16.8 Å². The first-order valence-electron chi connectivity index (χ1n) is 9.19. The zero-order valence-corrected chi connectivity index (χ0v) is 16.6. The van der Waals surface area contributed by atoms with Gasteiger partial charge in [-0.1, -0.05) is 24.3 Å². The summed E-state index contributed by atoms with van der Waals surface area (Å²) in [4.78, 5) is 4.69. The molecule has 2 aromatic carbocycles.